The van der Waals surface area contributed by atoms with E-state index >= 15 is 0 Å². The minimum atomic E-state index is -3.69. The number of piperidine rings is 2. The molecular formula is C28H46N4O4S. The molecule has 0 radical (unpaired) electrons. The van der Waals surface area contributed by atoms with Gasteiger partial charge >= 0.3 is 0 Å². The molecule has 0 bridgehead atoms. The number of benzene rings is 1. The van der Waals surface area contributed by atoms with Crippen LogP contribution in [-0.4, -0.2) is 106 Å². The SMILES string of the molecule is COc1cc(C)c(S(=O)(=O)N(C)CCC(=O)N2CCC(N3CCC(C4CCN(C)CC4)CC3)C2)c(C)c1. The molecule has 37 heavy (non-hydrogen) atoms. The zero-order chi connectivity index (χ0) is 26.7. The van der Waals surface area contributed by atoms with Crippen LogP contribution < -0.4 is 4.74 Å². The fourth-order valence-electron chi connectivity index (χ4n) is 6.64. The Bertz CT molecular complexity index is 1020. The van der Waals surface area contributed by atoms with Gasteiger partial charge in [-0.25, -0.2) is 12.7 Å². The smallest absolute Gasteiger partial charge is 0.243 e. The van der Waals surface area contributed by atoms with Crippen LogP contribution in [0.4, 0.5) is 0 Å². The number of nitrogens with zero attached hydrogens (tertiary/aromatic N) is 4. The third kappa shape index (κ3) is 6.49. The van der Waals surface area contributed by atoms with Crippen molar-refractivity contribution in [3.63, 3.8) is 0 Å². The van der Waals surface area contributed by atoms with Crippen LogP contribution in [0.15, 0.2) is 17.0 Å². The maximum Gasteiger partial charge on any atom is 0.243 e. The monoisotopic (exact) mass is 534 g/mol. The molecule has 4 rings (SSSR count). The molecule has 3 heterocycles. The number of carbonyl (C=O) groups is 1. The Hall–Kier alpha value is -1.68. The summed E-state index contributed by atoms with van der Waals surface area (Å²) in [6, 6.07) is 3.91. The zero-order valence-electron chi connectivity index (χ0n) is 23.4. The Morgan fingerprint density at radius 3 is 2.11 bits per heavy atom. The molecule has 0 saturated carbocycles. The Morgan fingerprint density at radius 2 is 1.54 bits per heavy atom. The lowest BCUT2D eigenvalue weighted by molar-refractivity contribution is -0.130. The van der Waals surface area contributed by atoms with Crippen molar-refractivity contribution in [1.82, 2.24) is 19.0 Å². The molecule has 0 spiro atoms. The van der Waals surface area contributed by atoms with Gasteiger partial charge in [-0.15, -0.1) is 0 Å². The first-order valence-corrected chi connectivity index (χ1v) is 15.4. The quantitative estimate of drug-likeness (QED) is 0.511. The fourth-order valence-corrected chi connectivity index (χ4v) is 8.22. The van der Waals surface area contributed by atoms with Crippen molar-refractivity contribution in [2.24, 2.45) is 11.8 Å². The fraction of sp³-hybridized carbons (Fsp3) is 0.750. The van der Waals surface area contributed by atoms with E-state index in [1.807, 2.05) is 4.90 Å². The predicted molar refractivity (Wildman–Crippen MR) is 146 cm³/mol. The van der Waals surface area contributed by atoms with E-state index in [4.69, 9.17) is 4.74 Å². The van der Waals surface area contributed by atoms with E-state index in [1.165, 1.54) is 43.1 Å². The van der Waals surface area contributed by atoms with Crippen molar-refractivity contribution in [3.05, 3.63) is 23.3 Å². The van der Waals surface area contributed by atoms with Gasteiger partial charge in [0, 0.05) is 39.1 Å². The van der Waals surface area contributed by atoms with E-state index in [2.05, 4.69) is 16.8 Å². The highest BCUT2D eigenvalue weighted by molar-refractivity contribution is 7.89. The minimum Gasteiger partial charge on any atom is -0.497 e. The summed E-state index contributed by atoms with van der Waals surface area (Å²) in [4.78, 5) is 20.3. The summed E-state index contributed by atoms with van der Waals surface area (Å²) in [5.74, 6) is 2.44. The van der Waals surface area contributed by atoms with Gasteiger partial charge in [0.15, 0.2) is 0 Å². The van der Waals surface area contributed by atoms with Crippen molar-refractivity contribution in [1.29, 1.82) is 0 Å². The van der Waals surface area contributed by atoms with E-state index in [-0.39, 0.29) is 18.9 Å². The molecule has 1 unspecified atom stereocenters. The first kappa shape index (κ1) is 28.3. The normalized spacial score (nSPS) is 23.2. The average molecular weight is 535 g/mol. The maximum absolute atomic E-state index is 13.3. The summed E-state index contributed by atoms with van der Waals surface area (Å²) >= 11 is 0. The van der Waals surface area contributed by atoms with E-state index in [0.717, 1.165) is 44.4 Å². The summed E-state index contributed by atoms with van der Waals surface area (Å²) in [7, 11) is 1.67. The number of ether oxygens (including phenoxy) is 1. The van der Waals surface area contributed by atoms with Gasteiger partial charge in [0.2, 0.25) is 15.9 Å². The van der Waals surface area contributed by atoms with Gasteiger partial charge in [-0.05, 0) is 114 Å². The molecule has 1 aromatic carbocycles. The van der Waals surface area contributed by atoms with Crippen LogP contribution in [0.1, 0.15) is 49.7 Å². The summed E-state index contributed by atoms with van der Waals surface area (Å²) in [6.45, 7) is 10.0. The molecule has 9 heteroatoms. The number of amides is 1. The van der Waals surface area contributed by atoms with Crippen LogP contribution in [0.25, 0.3) is 0 Å². The van der Waals surface area contributed by atoms with E-state index in [0.29, 0.717) is 27.8 Å². The van der Waals surface area contributed by atoms with Crippen LogP contribution >= 0.6 is 0 Å². The van der Waals surface area contributed by atoms with Gasteiger partial charge in [-0.2, -0.15) is 0 Å². The molecule has 3 aliphatic rings. The second-order valence-electron chi connectivity index (χ2n) is 11.5. The molecule has 1 aromatic rings. The van der Waals surface area contributed by atoms with Crippen LogP contribution in [0.3, 0.4) is 0 Å². The lowest BCUT2D eigenvalue weighted by Crippen LogP contribution is -2.45. The number of aryl methyl sites for hydroxylation is 2. The average Bonchev–Trinajstić information content (AvgIpc) is 3.37. The molecule has 3 aliphatic heterocycles. The molecule has 0 aliphatic carbocycles. The van der Waals surface area contributed by atoms with Crippen molar-refractivity contribution >= 4 is 15.9 Å². The van der Waals surface area contributed by atoms with Gasteiger partial charge in [-0.3, -0.25) is 9.69 Å². The second-order valence-corrected chi connectivity index (χ2v) is 13.4. The summed E-state index contributed by atoms with van der Waals surface area (Å²) in [5, 5.41) is 0. The van der Waals surface area contributed by atoms with Crippen molar-refractivity contribution in [3.8, 4) is 5.75 Å². The highest BCUT2D eigenvalue weighted by Gasteiger charge is 2.35. The molecule has 3 saturated heterocycles. The van der Waals surface area contributed by atoms with Crippen molar-refractivity contribution < 1.29 is 17.9 Å². The second kappa shape index (κ2) is 12.0. The van der Waals surface area contributed by atoms with E-state index in [9.17, 15) is 13.2 Å². The summed E-state index contributed by atoms with van der Waals surface area (Å²) < 4.78 is 33.1. The van der Waals surface area contributed by atoms with Crippen LogP contribution in [0.2, 0.25) is 0 Å². The van der Waals surface area contributed by atoms with Gasteiger partial charge < -0.3 is 14.5 Å². The number of carbonyl (C=O) groups excluding carboxylic acids is 1. The van der Waals surface area contributed by atoms with Crippen LogP contribution in [-0.2, 0) is 14.8 Å². The van der Waals surface area contributed by atoms with Gasteiger partial charge in [-0.1, -0.05) is 0 Å². The maximum atomic E-state index is 13.3. The molecule has 3 fully saturated rings. The summed E-state index contributed by atoms with van der Waals surface area (Å²) in [6.07, 6.45) is 6.47. The summed E-state index contributed by atoms with van der Waals surface area (Å²) in [5.41, 5.74) is 1.30. The molecule has 0 aromatic heterocycles. The third-order valence-electron chi connectivity index (χ3n) is 9.01. The predicted octanol–water partition coefficient (Wildman–Crippen LogP) is 2.98. The molecule has 1 atom stereocenters. The number of sulfonamides is 1. The standard InChI is InChI=1S/C28H46N4O4S/c1-21-18-26(36-5)19-22(2)28(21)37(34,35)30(4)14-11-27(33)32-17-10-25(20-32)31-15-8-24(9-16-31)23-6-12-29(3)13-7-23/h18-19,23-25H,6-17,20H2,1-5H3. The molecule has 0 N–H and O–H groups in total. The van der Waals surface area contributed by atoms with Crippen LogP contribution in [0, 0.1) is 25.7 Å². The van der Waals surface area contributed by atoms with Crippen molar-refractivity contribution in [2.75, 3.05) is 67.0 Å². The number of likely N-dealkylation sites (tertiary alicyclic amines) is 3. The Balaban J connectivity index is 1.25. The number of methoxy groups -OCH3 is 1. The van der Waals surface area contributed by atoms with E-state index in [1.54, 1.807) is 40.1 Å². The Morgan fingerprint density at radius 1 is 0.973 bits per heavy atom. The molecular weight excluding hydrogens is 488 g/mol. The lowest BCUT2D eigenvalue weighted by atomic mass is 9.78. The number of hydrogen-bond acceptors (Lipinski definition) is 6. The van der Waals surface area contributed by atoms with Gasteiger partial charge in [0.25, 0.3) is 0 Å². The minimum absolute atomic E-state index is 0.0499. The number of rotatable bonds is 8. The molecule has 1 amide bonds. The molecule has 8 nitrogen and oxygen atoms in total. The van der Waals surface area contributed by atoms with Crippen molar-refractivity contribution in [2.45, 2.75) is 63.3 Å². The highest BCUT2D eigenvalue weighted by Crippen LogP contribution is 2.34. The first-order valence-electron chi connectivity index (χ1n) is 13.9. The first-order chi connectivity index (χ1) is 17.6. The Kier molecular flexibility index (Phi) is 9.20. The van der Waals surface area contributed by atoms with E-state index < -0.39 is 10.0 Å². The molecule has 208 valence electrons. The highest BCUT2D eigenvalue weighted by atomic mass is 32.2. The lowest BCUT2D eigenvalue weighted by Gasteiger charge is -2.41. The largest absolute Gasteiger partial charge is 0.497 e. The topological polar surface area (TPSA) is 73.4 Å². The third-order valence-corrected chi connectivity index (χ3v) is 11.2. The van der Waals surface area contributed by atoms with Crippen LogP contribution in [0.5, 0.6) is 5.75 Å². The number of hydrogen-bond donors (Lipinski definition) is 0. The van der Waals surface area contributed by atoms with Gasteiger partial charge in [0.05, 0.1) is 12.0 Å². The van der Waals surface area contributed by atoms with Gasteiger partial charge in [0.1, 0.15) is 5.75 Å². The zero-order valence-corrected chi connectivity index (χ0v) is 24.2. The Labute approximate surface area is 224 Å².